The summed E-state index contributed by atoms with van der Waals surface area (Å²) >= 11 is 5.79. The summed E-state index contributed by atoms with van der Waals surface area (Å²) in [6.07, 6.45) is 5.59. The fraction of sp³-hybridized carbons (Fsp3) is 0. The molecule has 2 nitrogen and oxygen atoms in total. The van der Waals surface area contributed by atoms with Gasteiger partial charge in [-0.3, -0.25) is 5.43 Å². The minimum Gasteiger partial charge on any atom is -0.279 e. The van der Waals surface area contributed by atoms with Crippen LogP contribution in [0.3, 0.4) is 0 Å². The van der Waals surface area contributed by atoms with Gasteiger partial charge in [0.05, 0.1) is 5.69 Å². The van der Waals surface area contributed by atoms with Crippen LogP contribution in [0.25, 0.3) is 6.08 Å². The van der Waals surface area contributed by atoms with Gasteiger partial charge in [0, 0.05) is 11.2 Å². The van der Waals surface area contributed by atoms with Crippen LogP contribution in [0.2, 0.25) is 5.02 Å². The molecule has 0 atom stereocenters. The fourth-order valence-corrected chi connectivity index (χ4v) is 1.52. The number of benzene rings is 2. The summed E-state index contributed by atoms with van der Waals surface area (Å²) in [5.74, 6) is 0. The van der Waals surface area contributed by atoms with Crippen LogP contribution in [-0.4, -0.2) is 6.21 Å². The summed E-state index contributed by atoms with van der Waals surface area (Å²) in [5.41, 5.74) is 4.97. The maximum absolute atomic E-state index is 5.79. The van der Waals surface area contributed by atoms with Crippen LogP contribution in [0.5, 0.6) is 0 Å². The van der Waals surface area contributed by atoms with Crippen LogP contribution in [0, 0.1) is 0 Å². The van der Waals surface area contributed by atoms with E-state index in [1.807, 2.05) is 66.7 Å². The zero-order valence-electron chi connectivity index (χ0n) is 9.75. The standard InChI is InChI=1S/C15H13ClN2/c16-14-8-10-15(11-9-14)18-17-12-4-7-13-5-2-1-3-6-13/h1-12,18H. The van der Waals surface area contributed by atoms with Crippen LogP contribution in [0.15, 0.2) is 65.8 Å². The SMILES string of the molecule is Clc1ccc(NN=CC=Cc2ccccc2)cc1. The van der Waals surface area contributed by atoms with Gasteiger partial charge in [0.1, 0.15) is 0 Å². The third-order valence-electron chi connectivity index (χ3n) is 2.29. The third kappa shape index (κ3) is 4.07. The fourth-order valence-electron chi connectivity index (χ4n) is 1.40. The van der Waals surface area contributed by atoms with Gasteiger partial charge < -0.3 is 0 Å². The van der Waals surface area contributed by atoms with E-state index < -0.39 is 0 Å². The maximum Gasteiger partial charge on any atom is 0.0562 e. The molecule has 0 bridgehead atoms. The molecule has 0 spiro atoms. The van der Waals surface area contributed by atoms with Crippen LogP contribution < -0.4 is 5.43 Å². The Hall–Kier alpha value is -2.06. The predicted molar refractivity (Wildman–Crippen MR) is 79.0 cm³/mol. The van der Waals surface area contributed by atoms with E-state index in [1.54, 1.807) is 6.21 Å². The minimum absolute atomic E-state index is 0.716. The molecule has 0 aliphatic carbocycles. The molecular formula is C15H13ClN2. The second-order valence-corrected chi connectivity index (χ2v) is 4.10. The summed E-state index contributed by atoms with van der Waals surface area (Å²) in [5, 5.41) is 4.80. The Morgan fingerprint density at radius 2 is 1.67 bits per heavy atom. The average Bonchev–Trinajstić information content (AvgIpc) is 2.42. The van der Waals surface area contributed by atoms with Crippen molar-refractivity contribution in [3.63, 3.8) is 0 Å². The molecule has 0 radical (unpaired) electrons. The van der Waals surface area contributed by atoms with Crippen LogP contribution >= 0.6 is 11.6 Å². The Morgan fingerprint density at radius 1 is 0.944 bits per heavy atom. The highest BCUT2D eigenvalue weighted by atomic mass is 35.5. The van der Waals surface area contributed by atoms with Crippen LogP contribution in [0.1, 0.15) is 5.56 Å². The summed E-state index contributed by atoms with van der Waals surface area (Å²) in [4.78, 5) is 0. The lowest BCUT2D eigenvalue weighted by Crippen LogP contribution is -1.87. The van der Waals surface area contributed by atoms with Gasteiger partial charge in [0.25, 0.3) is 0 Å². The average molecular weight is 257 g/mol. The van der Waals surface area contributed by atoms with E-state index in [4.69, 9.17) is 11.6 Å². The van der Waals surface area contributed by atoms with E-state index in [9.17, 15) is 0 Å². The van der Waals surface area contributed by atoms with E-state index >= 15 is 0 Å². The Balaban J connectivity index is 1.85. The third-order valence-corrected chi connectivity index (χ3v) is 2.54. The van der Waals surface area contributed by atoms with Gasteiger partial charge in [0.2, 0.25) is 0 Å². The second kappa shape index (κ2) is 6.62. The molecule has 90 valence electrons. The Morgan fingerprint density at radius 3 is 2.39 bits per heavy atom. The number of halogens is 1. The Labute approximate surface area is 112 Å². The van der Waals surface area contributed by atoms with Gasteiger partial charge in [0.15, 0.2) is 0 Å². The first-order valence-electron chi connectivity index (χ1n) is 5.61. The van der Waals surface area contributed by atoms with E-state index in [0.717, 1.165) is 11.3 Å². The lowest BCUT2D eigenvalue weighted by Gasteiger charge is -1.98. The van der Waals surface area contributed by atoms with Crippen LogP contribution in [-0.2, 0) is 0 Å². The largest absolute Gasteiger partial charge is 0.279 e. The quantitative estimate of drug-likeness (QED) is 0.634. The molecule has 0 saturated carbocycles. The number of nitrogens with one attached hydrogen (secondary N) is 1. The smallest absolute Gasteiger partial charge is 0.0562 e. The first-order valence-corrected chi connectivity index (χ1v) is 5.99. The number of allylic oxidation sites excluding steroid dienone is 1. The molecule has 0 heterocycles. The summed E-state index contributed by atoms with van der Waals surface area (Å²) < 4.78 is 0. The van der Waals surface area contributed by atoms with Crippen molar-refractivity contribution >= 4 is 29.6 Å². The topological polar surface area (TPSA) is 24.4 Å². The monoisotopic (exact) mass is 256 g/mol. The second-order valence-electron chi connectivity index (χ2n) is 3.67. The Kier molecular flexibility index (Phi) is 4.56. The summed E-state index contributed by atoms with van der Waals surface area (Å²) in [6.45, 7) is 0. The van der Waals surface area contributed by atoms with Gasteiger partial charge in [-0.25, -0.2) is 0 Å². The molecule has 2 aromatic rings. The number of hydrazone groups is 1. The molecule has 0 saturated heterocycles. The maximum atomic E-state index is 5.79. The molecule has 0 aliphatic heterocycles. The molecule has 0 aromatic heterocycles. The van der Waals surface area contributed by atoms with Crippen molar-refractivity contribution in [1.82, 2.24) is 0 Å². The molecule has 0 unspecified atom stereocenters. The van der Waals surface area contributed by atoms with E-state index in [0.29, 0.717) is 5.02 Å². The highest BCUT2D eigenvalue weighted by Crippen LogP contribution is 2.12. The van der Waals surface area contributed by atoms with Crippen LogP contribution in [0.4, 0.5) is 5.69 Å². The normalized spacial score (nSPS) is 11.2. The molecule has 3 heteroatoms. The molecule has 2 rings (SSSR count). The molecule has 18 heavy (non-hydrogen) atoms. The lowest BCUT2D eigenvalue weighted by atomic mass is 10.2. The highest BCUT2D eigenvalue weighted by Gasteiger charge is 1.88. The van der Waals surface area contributed by atoms with Crippen molar-refractivity contribution in [1.29, 1.82) is 0 Å². The zero-order chi connectivity index (χ0) is 12.6. The molecular weight excluding hydrogens is 244 g/mol. The van der Waals surface area contributed by atoms with E-state index in [2.05, 4.69) is 10.5 Å². The van der Waals surface area contributed by atoms with Crippen molar-refractivity contribution in [3.8, 4) is 0 Å². The summed E-state index contributed by atoms with van der Waals surface area (Å²) in [6, 6.07) is 17.5. The molecule has 0 aliphatic rings. The number of nitrogens with zero attached hydrogens (tertiary/aromatic N) is 1. The van der Waals surface area contributed by atoms with E-state index in [-0.39, 0.29) is 0 Å². The Bertz CT molecular complexity index is 530. The minimum atomic E-state index is 0.716. The molecule has 1 N–H and O–H groups in total. The summed E-state index contributed by atoms with van der Waals surface area (Å²) in [7, 11) is 0. The van der Waals surface area contributed by atoms with Gasteiger partial charge in [-0.05, 0) is 35.9 Å². The van der Waals surface area contributed by atoms with Gasteiger partial charge in [-0.1, -0.05) is 48.0 Å². The van der Waals surface area contributed by atoms with Crippen molar-refractivity contribution < 1.29 is 0 Å². The zero-order valence-corrected chi connectivity index (χ0v) is 10.5. The van der Waals surface area contributed by atoms with Gasteiger partial charge in [-0.2, -0.15) is 5.10 Å². The van der Waals surface area contributed by atoms with Crippen molar-refractivity contribution in [2.75, 3.05) is 5.43 Å². The first kappa shape index (κ1) is 12.4. The first-order chi connectivity index (χ1) is 8.84. The number of hydrogen-bond acceptors (Lipinski definition) is 2. The number of hydrogen-bond donors (Lipinski definition) is 1. The lowest BCUT2D eigenvalue weighted by molar-refractivity contribution is 1.36. The van der Waals surface area contributed by atoms with Crippen molar-refractivity contribution in [2.24, 2.45) is 5.10 Å². The van der Waals surface area contributed by atoms with Gasteiger partial charge >= 0.3 is 0 Å². The predicted octanol–water partition coefficient (Wildman–Crippen LogP) is 4.45. The molecule has 2 aromatic carbocycles. The number of anilines is 1. The van der Waals surface area contributed by atoms with Gasteiger partial charge in [-0.15, -0.1) is 0 Å². The van der Waals surface area contributed by atoms with Crippen molar-refractivity contribution in [3.05, 3.63) is 71.3 Å². The highest BCUT2D eigenvalue weighted by molar-refractivity contribution is 6.30. The molecule has 0 amide bonds. The van der Waals surface area contributed by atoms with E-state index in [1.165, 1.54) is 0 Å². The molecule has 0 fully saturated rings. The number of rotatable bonds is 4. The van der Waals surface area contributed by atoms with Crippen molar-refractivity contribution in [2.45, 2.75) is 0 Å².